The highest BCUT2D eigenvalue weighted by Gasteiger charge is 2.24. The Hall–Kier alpha value is -4.09. The number of aliphatic carboxylic acids is 2. The summed E-state index contributed by atoms with van der Waals surface area (Å²) in [4.78, 5) is 42.4. The molecular formula is C19H22N6O6. The van der Waals surface area contributed by atoms with Crippen LogP contribution < -0.4 is 16.8 Å². The molecule has 0 spiro atoms. The summed E-state index contributed by atoms with van der Waals surface area (Å²) in [5.41, 5.74) is 12.8. The Labute approximate surface area is 175 Å². The van der Waals surface area contributed by atoms with E-state index < -0.39 is 23.9 Å². The van der Waals surface area contributed by atoms with Gasteiger partial charge in [-0.3, -0.25) is 9.59 Å². The summed E-state index contributed by atoms with van der Waals surface area (Å²) in [5, 5.41) is 20.2. The molecule has 31 heavy (non-hydrogen) atoms. The van der Waals surface area contributed by atoms with Gasteiger partial charge in [0.05, 0.1) is 5.52 Å². The molecule has 12 nitrogen and oxygen atoms in total. The van der Waals surface area contributed by atoms with E-state index >= 15 is 0 Å². The van der Waals surface area contributed by atoms with Crippen LogP contribution in [-0.4, -0.2) is 48.6 Å². The maximum absolute atomic E-state index is 12.3. The molecule has 0 aliphatic carbocycles. The highest BCUT2D eigenvalue weighted by Crippen LogP contribution is 2.25. The minimum absolute atomic E-state index is 0.0728. The number of aromatic nitrogens is 3. The number of amides is 1. The van der Waals surface area contributed by atoms with E-state index in [9.17, 15) is 19.5 Å². The molecule has 12 heteroatoms. The first-order chi connectivity index (χ1) is 14.7. The van der Waals surface area contributed by atoms with Crippen molar-refractivity contribution in [3.05, 3.63) is 35.9 Å². The van der Waals surface area contributed by atoms with Gasteiger partial charge >= 0.3 is 11.9 Å². The van der Waals surface area contributed by atoms with Gasteiger partial charge in [0.1, 0.15) is 17.3 Å². The minimum atomic E-state index is -1.34. The van der Waals surface area contributed by atoms with Crippen LogP contribution in [0.4, 0.5) is 11.8 Å². The molecule has 0 saturated heterocycles. The molecule has 3 heterocycles. The average molecular weight is 430 g/mol. The van der Waals surface area contributed by atoms with E-state index in [1.165, 1.54) is 6.07 Å². The Morgan fingerprint density at radius 2 is 1.94 bits per heavy atom. The highest BCUT2D eigenvalue weighted by atomic mass is 16.4. The van der Waals surface area contributed by atoms with Crippen LogP contribution in [0.25, 0.3) is 11.0 Å². The summed E-state index contributed by atoms with van der Waals surface area (Å²) in [6.07, 6.45) is 1.16. The molecule has 7 N–H and O–H groups in total. The number of rotatable bonds is 9. The SMILES string of the molecule is CC(Cn1ccc2nc(N)nc(N)c21)c1ccc(C(=O)N[C@@H](CCC(=O)O)C(=O)O)o1. The number of carboxylic acid groups (broad SMARTS) is 2. The number of carbonyl (C=O) groups excluding carboxylic acids is 1. The number of nitrogens with two attached hydrogens (primary N) is 2. The van der Waals surface area contributed by atoms with Gasteiger partial charge in [-0.2, -0.15) is 4.98 Å². The number of furan rings is 1. The number of nitrogen functional groups attached to an aromatic ring is 2. The van der Waals surface area contributed by atoms with Gasteiger partial charge in [-0.1, -0.05) is 6.92 Å². The molecule has 3 aromatic heterocycles. The van der Waals surface area contributed by atoms with Crippen molar-refractivity contribution in [3.8, 4) is 0 Å². The number of nitrogens with zero attached hydrogens (tertiary/aromatic N) is 3. The number of nitrogens with one attached hydrogen (secondary N) is 1. The third-order valence-electron chi connectivity index (χ3n) is 4.71. The number of anilines is 2. The second-order valence-electron chi connectivity index (χ2n) is 7.07. The smallest absolute Gasteiger partial charge is 0.326 e. The Kier molecular flexibility index (Phi) is 6.09. The largest absolute Gasteiger partial charge is 0.481 e. The van der Waals surface area contributed by atoms with Crippen LogP contribution in [-0.2, 0) is 16.1 Å². The molecule has 0 fully saturated rings. The zero-order valence-electron chi connectivity index (χ0n) is 16.6. The fourth-order valence-corrected chi connectivity index (χ4v) is 3.19. The van der Waals surface area contributed by atoms with Crippen molar-refractivity contribution in [3.63, 3.8) is 0 Å². The molecule has 1 amide bonds. The van der Waals surface area contributed by atoms with Crippen LogP contribution in [0.2, 0.25) is 0 Å². The first-order valence-corrected chi connectivity index (χ1v) is 9.38. The lowest BCUT2D eigenvalue weighted by atomic mass is 10.1. The standard InChI is InChI=1S/C19H22N6O6/c1-9(8-25-7-6-10-15(25)16(20)24-19(21)23-10)12-3-4-13(31-12)17(28)22-11(18(29)30)2-5-14(26)27/h3-4,6-7,9,11H,2,5,8H2,1H3,(H,22,28)(H,26,27)(H,29,30)(H4,20,21,23,24)/t9?,11-/m0/s1. The van der Waals surface area contributed by atoms with E-state index in [0.717, 1.165) is 0 Å². The molecule has 164 valence electrons. The van der Waals surface area contributed by atoms with Crippen LogP contribution in [0.3, 0.4) is 0 Å². The van der Waals surface area contributed by atoms with Gasteiger partial charge < -0.3 is 36.0 Å². The lowest BCUT2D eigenvalue weighted by Gasteiger charge is -2.13. The second-order valence-corrected chi connectivity index (χ2v) is 7.07. The average Bonchev–Trinajstić information content (AvgIpc) is 3.32. The van der Waals surface area contributed by atoms with Gasteiger partial charge in [0.2, 0.25) is 5.95 Å². The molecule has 0 aliphatic rings. The summed E-state index contributed by atoms with van der Waals surface area (Å²) in [6, 6.07) is 3.48. The first kappa shape index (κ1) is 21.6. The maximum Gasteiger partial charge on any atom is 0.326 e. The Balaban J connectivity index is 1.70. The predicted octanol–water partition coefficient (Wildman–Crippen LogP) is 1.04. The van der Waals surface area contributed by atoms with E-state index in [1.807, 2.05) is 11.5 Å². The van der Waals surface area contributed by atoms with Crippen LogP contribution >= 0.6 is 0 Å². The molecule has 0 aromatic carbocycles. The second kappa shape index (κ2) is 8.73. The zero-order chi connectivity index (χ0) is 22.7. The number of carboxylic acids is 2. The van der Waals surface area contributed by atoms with E-state index in [2.05, 4.69) is 15.3 Å². The summed E-state index contributed by atoms with van der Waals surface area (Å²) < 4.78 is 7.46. The molecular weight excluding hydrogens is 408 g/mol. The molecule has 2 atom stereocenters. The van der Waals surface area contributed by atoms with E-state index in [1.54, 1.807) is 18.3 Å². The number of carbonyl (C=O) groups is 3. The van der Waals surface area contributed by atoms with Crippen LogP contribution in [0, 0.1) is 0 Å². The third kappa shape index (κ3) is 4.91. The Morgan fingerprint density at radius 1 is 1.19 bits per heavy atom. The summed E-state index contributed by atoms with van der Waals surface area (Å²) in [7, 11) is 0. The van der Waals surface area contributed by atoms with Crippen molar-refractivity contribution in [2.75, 3.05) is 11.5 Å². The quantitative estimate of drug-likeness (QED) is 0.326. The lowest BCUT2D eigenvalue weighted by Crippen LogP contribution is -2.41. The fraction of sp³-hybridized carbons (Fsp3) is 0.316. The van der Waals surface area contributed by atoms with E-state index in [0.29, 0.717) is 23.3 Å². The molecule has 0 aliphatic heterocycles. The molecule has 0 radical (unpaired) electrons. The van der Waals surface area contributed by atoms with Gasteiger partial charge in [0.15, 0.2) is 11.6 Å². The molecule has 0 bridgehead atoms. The van der Waals surface area contributed by atoms with Crippen molar-refractivity contribution in [1.29, 1.82) is 0 Å². The molecule has 3 aromatic rings. The van der Waals surface area contributed by atoms with Crippen molar-refractivity contribution < 1.29 is 29.0 Å². The van der Waals surface area contributed by atoms with Crippen molar-refractivity contribution >= 4 is 40.6 Å². The Bertz CT molecular complexity index is 1140. The normalized spacial score (nSPS) is 13.1. The zero-order valence-corrected chi connectivity index (χ0v) is 16.6. The molecule has 1 unspecified atom stereocenters. The van der Waals surface area contributed by atoms with Gasteiger partial charge in [0.25, 0.3) is 5.91 Å². The number of fused-ring (bicyclic) bond motifs is 1. The summed E-state index contributed by atoms with van der Waals surface area (Å²) >= 11 is 0. The van der Waals surface area contributed by atoms with Gasteiger partial charge in [-0.25, -0.2) is 9.78 Å². The van der Waals surface area contributed by atoms with Gasteiger partial charge in [0, 0.05) is 25.1 Å². The maximum atomic E-state index is 12.3. The Morgan fingerprint density at radius 3 is 2.61 bits per heavy atom. The van der Waals surface area contributed by atoms with Crippen LogP contribution in [0.1, 0.15) is 42.0 Å². The minimum Gasteiger partial charge on any atom is -0.481 e. The number of hydrogen-bond acceptors (Lipinski definition) is 8. The highest BCUT2D eigenvalue weighted by molar-refractivity contribution is 5.94. The fourth-order valence-electron chi connectivity index (χ4n) is 3.19. The topological polar surface area (TPSA) is 200 Å². The summed E-state index contributed by atoms with van der Waals surface area (Å²) in [6.45, 7) is 2.33. The summed E-state index contributed by atoms with van der Waals surface area (Å²) in [5.74, 6) is -2.63. The van der Waals surface area contributed by atoms with Crippen molar-refractivity contribution in [2.45, 2.75) is 38.3 Å². The van der Waals surface area contributed by atoms with Crippen LogP contribution in [0.15, 0.2) is 28.8 Å². The van der Waals surface area contributed by atoms with E-state index in [4.69, 9.17) is 21.0 Å². The molecule has 0 saturated carbocycles. The third-order valence-corrected chi connectivity index (χ3v) is 4.71. The van der Waals surface area contributed by atoms with Crippen LogP contribution in [0.5, 0.6) is 0 Å². The number of hydrogen-bond donors (Lipinski definition) is 5. The van der Waals surface area contributed by atoms with Gasteiger partial charge in [-0.05, 0) is 24.6 Å². The molecule has 3 rings (SSSR count). The lowest BCUT2D eigenvalue weighted by molar-refractivity contribution is -0.140. The first-order valence-electron chi connectivity index (χ1n) is 9.38. The van der Waals surface area contributed by atoms with Crippen molar-refractivity contribution in [2.24, 2.45) is 0 Å². The van der Waals surface area contributed by atoms with Crippen molar-refractivity contribution in [1.82, 2.24) is 19.9 Å². The predicted molar refractivity (Wildman–Crippen MR) is 109 cm³/mol. The van der Waals surface area contributed by atoms with E-state index in [-0.39, 0.29) is 36.3 Å². The monoisotopic (exact) mass is 430 g/mol. The van der Waals surface area contributed by atoms with Gasteiger partial charge in [-0.15, -0.1) is 0 Å².